The summed E-state index contributed by atoms with van der Waals surface area (Å²) in [6.45, 7) is 4.51. The topological polar surface area (TPSA) is 29.8 Å². The number of methoxy groups -OCH3 is 1. The van der Waals surface area contributed by atoms with E-state index in [1.54, 1.807) is 7.11 Å². The lowest BCUT2D eigenvalue weighted by Crippen LogP contribution is -2.22. The van der Waals surface area contributed by atoms with E-state index in [4.69, 9.17) is 9.72 Å². The van der Waals surface area contributed by atoms with Crippen LogP contribution >= 0.6 is 0 Å². The van der Waals surface area contributed by atoms with Gasteiger partial charge in [-0.25, -0.2) is 4.98 Å². The first-order valence-electron chi connectivity index (χ1n) is 6.58. The van der Waals surface area contributed by atoms with Crippen LogP contribution in [-0.2, 0) is 0 Å². The van der Waals surface area contributed by atoms with E-state index in [9.17, 15) is 0 Å². The minimum absolute atomic E-state index is 0.487. The molecule has 1 unspecified atom stereocenters. The first-order valence-corrected chi connectivity index (χ1v) is 6.58. The highest BCUT2D eigenvalue weighted by molar-refractivity contribution is 5.46. The molecule has 0 bridgehead atoms. The molecule has 18 heavy (non-hydrogen) atoms. The number of hydrogen-bond donors (Lipinski definition) is 0. The molecule has 0 N–H and O–H groups in total. The first-order chi connectivity index (χ1) is 8.81. The molecule has 0 aromatic carbocycles. The van der Waals surface area contributed by atoms with E-state index < -0.39 is 0 Å². The monoisotopic (exact) mass is 245 g/mol. The van der Waals surface area contributed by atoms with E-state index >= 15 is 0 Å². The van der Waals surface area contributed by atoms with Crippen LogP contribution in [0.4, 0.5) is 0 Å². The summed E-state index contributed by atoms with van der Waals surface area (Å²) in [6.07, 6.45) is 6.65. The van der Waals surface area contributed by atoms with Gasteiger partial charge in [0.25, 0.3) is 0 Å². The van der Waals surface area contributed by atoms with Crippen molar-refractivity contribution in [3.8, 4) is 5.75 Å². The molecular weight excluding hydrogens is 226 g/mol. The second-order valence-corrected chi connectivity index (χ2v) is 4.78. The highest BCUT2D eigenvalue weighted by Crippen LogP contribution is 2.31. The Labute approximate surface area is 107 Å². The number of fused-ring (bicyclic) bond motifs is 1. The molecule has 1 saturated heterocycles. The van der Waals surface area contributed by atoms with Crippen LogP contribution in [0.5, 0.6) is 5.75 Å². The van der Waals surface area contributed by atoms with Gasteiger partial charge in [0.1, 0.15) is 11.4 Å². The Balaban J connectivity index is 1.97. The zero-order chi connectivity index (χ0) is 12.5. The smallest absolute Gasteiger partial charge is 0.140 e. The van der Waals surface area contributed by atoms with Crippen molar-refractivity contribution >= 4 is 5.65 Å². The average Bonchev–Trinajstić information content (AvgIpc) is 3.03. The standard InChI is InChI=1S/C14H19N3O/c1-3-16-7-4-5-13(16)12-10-17-8-6-11(18-2)9-14(17)15-12/h6,8-10,13H,3-5,7H2,1-2H3. The molecule has 3 heterocycles. The fourth-order valence-corrected chi connectivity index (χ4v) is 2.81. The molecule has 0 amide bonds. The molecule has 2 aromatic heterocycles. The number of ether oxygens (including phenoxy) is 1. The summed E-state index contributed by atoms with van der Waals surface area (Å²) < 4.78 is 7.31. The van der Waals surface area contributed by atoms with Crippen molar-refractivity contribution in [1.82, 2.24) is 14.3 Å². The van der Waals surface area contributed by atoms with Gasteiger partial charge in [0.15, 0.2) is 0 Å². The van der Waals surface area contributed by atoms with Gasteiger partial charge in [0.05, 0.1) is 18.8 Å². The Morgan fingerprint density at radius 3 is 3.17 bits per heavy atom. The summed E-state index contributed by atoms with van der Waals surface area (Å²) >= 11 is 0. The van der Waals surface area contributed by atoms with Crippen LogP contribution in [0.1, 0.15) is 31.5 Å². The summed E-state index contributed by atoms with van der Waals surface area (Å²) in [4.78, 5) is 7.24. The van der Waals surface area contributed by atoms with Crippen LogP contribution in [0.15, 0.2) is 24.5 Å². The maximum atomic E-state index is 5.24. The van der Waals surface area contributed by atoms with E-state index in [2.05, 4.69) is 22.4 Å². The Kier molecular flexibility index (Phi) is 2.96. The molecular formula is C14H19N3O. The SMILES string of the molecule is CCN1CCCC1c1cn2ccc(OC)cc2n1. The summed E-state index contributed by atoms with van der Waals surface area (Å²) in [5.41, 5.74) is 2.15. The minimum atomic E-state index is 0.487. The molecule has 0 saturated carbocycles. The van der Waals surface area contributed by atoms with Crippen LogP contribution in [0.25, 0.3) is 5.65 Å². The second kappa shape index (κ2) is 4.61. The normalized spacial score (nSPS) is 20.7. The van der Waals surface area contributed by atoms with Gasteiger partial charge < -0.3 is 9.14 Å². The molecule has 1 aliphatic heterocycles. The third-order valence-electron chi connectivity index (χ3n) is 3.80. The van der Waals surface area contributed by atoms with Crippen LogP contribution in [0.3, 0.4) is 0 Å². The summed E-state index contributed by atoms with van der Waals surface area (Å²) in [5.74, 6) is 0.860. The van der Waals surface area contributed by atoms with Gasteiger partial charge in [0.2, 0.25) is 0 Å². The number of imidazole rings is 1. The predicted molar refractivity (Wildman–Crippen MR) is 71.0 cm³/mol. The van der Waals surface area contributed by atoms with Gasteiger partial charge in [-0.2, -0.15) is 0 Å². The minimum Gasteiger partial charge on any atom is -0.497 e. The lowest BCUT2D eigenvalue weighted by atomic mass is 10.1. The van der Waals surface area contributed by atoms with Gasteiger partial charge in [-0.15, -0.1) is 0 Å². The third kappa shape index (κ3) is 1.86. The van der Waals surface area contributed by atoms with Gasteiger partial charge in [-0.05, 0) is 32.0 Å². The van der Waals surface area contributed by atoms with Gasteiger partial charge in [-0.3, -0.25) is 4.90 Å². The van der Waals surface area contributed by atoms with E-state index in [0.717, 1.165) is 17.9 Å². The number of pyridine rings is 1. The number of hydrogen-bond acceptors (Lipinski definition) is 3. The van der Waals surface area contributed by atoms with Crippen LogP contribution in [0.2, 0.25) is 0 Å². The molecule has 3 rings (SSSR count). The largest absolute Gasteiger partial charge is 0.497 e. The predicted octanol–water partition coefficient (Wildman–Crippen LogP) is 2.50. The lowest BCUT2D eigenvalue weighted by Gasteiger charge is -2.20. The number of aromatic nitrogens is 2. The second-order valence-electron chi connectivity index (χ2n) is 4.78. The van der Waals surface area contributed by atoms with Crippen molar-refractivity contribution in [3.63, 3.8) is 0 Å². The van der Waals surface area contributed by atoms with E-state index in [-0.39, 0.29) is 0 Å². The van der Waals surface area contributed by atoms with Gasteiger partial charge in [0, 0.05) is 18.5 Å². The molecule has 4 nitrogen and oxygen atoms in total. The van der Waals surface area contributed by atoms with Crippen molar-refractivity contribution in [1.29, 1.82) is 0 Å². The molecule has 1 atom stereocenters. The van der Waals surface area contributed by atoms with Crippen LogP contribution in [0, 0.1) is 0 Å². The molecule has 4 heteroatoms. The molecule has 0 spiro atoms. The van der Waals surface area contributed by atoms with Gasteiger partial charge in [-0.1, -0.05) is 6.92 Å². The van der Waals surface area contributed by atoms with Crippen molar-refractivity contribution in [2.75, 3.05) is 20.2 Å². The average molecular weight is 245 g/mol. The summed E-state index contributed by atoms with van der Waals surface area (Å²) in [5, 5.41) is 0. The highest BCUT2D eigenvalue weighted by atomic mass is 16.5. The molecule has 2 aromatic rings. The Hall–Kier alpha value is -1.55. The van der Waals surface area contributed by atoms with Crippen molar-refractivity contribution in [2.45, 2.75) is 25.8 Å². The number of likely N-dealkylation sites (tertiary alicyclic amines) is 1. The lowest BCUT2D eigenvalue weighted by molar-refractivity contribution is 0.268. The zero-order valence-corrected chi connectivity index (χ0v) is 11.0. The fourth-order valence-electron chi connectivity index (χ4n) is 2.81. The molecule has 1 aliphatic rings. The van der Waals surface area contributed by atoms with Crippen molar-refractivity contribution in [2.24, 2.45) is 0 Å². The van der Waals surface area contributed by atoms with Crippen LogP contribution in [-0.4, -0.2) is 34.5 Å². The molecule has 0 aliphatic carbocycles. The zero-order valence-electron chi connectivity index (χ0n) is 11.0. The molecule has 0 radical (unpaired) electrons. The Morgan fingerprint density at radius 1 is 1.50 bits per heavy atom. The maximum absolute atomic E-state index is 5.24. The number of nitrogens with zero attached hydrogens (tertiary/aromatic N) is 3. The first kappa shape index (κ1) is 11.5. The Bertz CT molecular complexity index is 549. The third-order valence-corrected chi connectivity index (χ3v) is 3.80. The van der Waals surface area contributed by atoms with E-state index in [1.807, 2.05) is 18.3 Å². The summed E-state index contributed by atoms with van der Waals surface area (Å²) in [7, 11) is 1.69. The fraction of sp³-hybridized carbons (Fsp3) is 0.500. The van der Waals surface area contributed by atoms with Crippen LogP contribution < -0.4 is 4.74 Å². The number of rotatable bonds is 3. The maximum Gasteiger partial charge on any atom is 0.140 e. The molecule has 96 valence electrons. The highest BCUT2D eigenvalue weighted by Gasteiger charge is 2.26. The van der Waals surface area contributed by atoms with E-state index in [0.29, 0.717) is 6.04 Å². The van der Waals surface area contributed by atoms with Crippen molar-refractivity contribution in [3.05, 3.63) is 30.2 Å². The summed E-state index contributed by atoms with van der Waals surface area (Å²) in [6, 6.07) is 4.43. The van der Waals surface area contributed by atoms with E-state index in [1.165, 1.54) is 25.1 Å². The van der Waals surface area contributed by atoms with Crippen molar-refractivity contribution < 1.29 is 4.74 Å². The van der Waals surface area contributed by atoms with Gasteiger partial charge >= 0.3 is 0 Å². The Morgan fingerprint density at radius 2 is 2.39 bits per heavy atom. The molecule has 1 fully saturated rings. The quantitative estimate of drug-likeness (QED) is 0.832.